The van der Waals surface area contributed by atoms with E-state index in [1.54, 1.807) is 11.8 Å². The summed E-state index contributed by atoms with van der Waals surface area (Å²) >= 11 is 1.68. The van der Waals surface area contributed by atoms with Crippen LogP contribution >= 0.6 is 11.8 Å². The molecule has 0 aromatic heterocycles. The van der Waals surface area contributed by atoms with Crippen LogP contribution in [0.15, 0.2) is 23.1 Å². The highest BCUT2D eigenvalue weighted by atomic mass is 32.2. The molecule has 0 amide bonds. The summed E-state index contributed by atoms with van der Waals surface area (Å²) in [5.74, 6) is 0.828. The number of benzene rings is 1. The fourth-order valence-electron chi connectivity index (χ4n) is 1.64. The Morgan fingerprint density at radius 1 is 1.53 bits per heavy atom. The number of fused-ring (bicyclic) bond motifs is 1. The Labute approximate surface area is 93.6 Å². The molecule has 0 radical (unpaired) electrons. The van der Waals surface area contributed by atoms with Gasteiger partial charge in [-0.1, -0.05) is 23.9 Å². The Bertz CT molecular complexity index is 379. The van der Waals surface area contributed by atoms with E-state index in [4.69, 9.17) is 15.6 Å². The lowest BCUT2D eigenvalue weighted by atomic mass is 10.1. The average Bonchev–Trinajstić information content (AvgIpc) is 2.49. The molecule has 0 spiro atoms. The summed E-state index contributed by atoms with van der Waals surface area (Å²) in [4.78, 5) is 0.856. The Morgan fingerprint density at radius 2 is 2.27 bits per heavy atom. The second-order valence-electron chi connectivity index (χ2n) is 4.07. The number of aliphatic hydroxyl groups is 1. The predicted molar refractivity (Wildman–Crippen MR) is 61.0 cm³/mol. The maximum Gasteiger partial charge on any atom is 0.153 e. The quantitative estimate of drug-likeness (QED) is 0.807. The van der Waals surface area contributed by atoms with Gasteiger partial charge < -0.3 is 15.6 Å². The lowest BCUT2D eigenvalue weighted by Gasteiger charge is -2.18. The molecule has 4 heteroatoms. The van der Waals surface area contributed by atoms with E-state index in [1.807, 2.05) is 32.0 Å². The van der Waals surface area contributed by atoms with Crippen LogP contribution in [0.4, 0.5) is 0 Å². The predicted octanol–water partition coefficient (Wildman–Crippen LogP) is 1.90. The van der Waals surface area contributed by atoms with Gasteiger partial charge in [-0.3, -0.25) is 0 Å². The first kappa shape index (κ1) is 10.8. The minimum Gasteiger partial charge on any atom is -0.475 e. The van der Waals surface area contributed by atoms with E-state index in [2.05, 4.69) is 0 Å². The zero-order valence-electron chi connectivity index (χ0n) is 8.86. The number of hydrogen-bond donors (Lipinski definition) is 2. The standard InChI is InChI=1S/C11H15NO2S/c1-11(2)14-10-7(8(12)6-13)4-3-5-9(10)15-11/h3-5,8,13H,6,12H2,1-2H3. The molecule has 2 rings (SSSR count). The number of nitrogens with two attached hydrogens (primary N) is 1. The van der Waals surface area contributed by atoms with Crippen LogP contribution in [-0.2, 0) is 0 Å². The third kappa shape index (κ3) is 1.97. The van der Waals surface area contributed by atoms with Crippen LogP contribution in [0.2, 0.25) is 0 Å². The fourth-order valence-corrected chi connectivity index (χ4v) is 2.70. The highest BCUT2D eigenvalue weighted by Crippen LogP contribution is 2.49. The maximum absolute atomic E-state index is 9.06. The van der Waals surface area contributed by atoms with E-state index in [0.717, 1.165) is 16.2 Å². The Kier molecular flexibility index (Phi) is 2.66. The van der Waals surface area contributed by atoms with Crippen LogP contribution in [-0.4, -0.2) is 16.6 Å². The van der Waals surface area contributed by atoms with Crippen LogP contribution < -0.4 is 10.5 Å². The first-order valence-corrected chi connectivity index (χ1v) is 5.72. The molecule has 3 N–H and O–H groups in total. The van der Waals surface area contributed by atoms with Crippen molar-refractivity contribution in [1.82, 2.24) is 0 Å². The zero-order valence-corrected chi connectivity index (χ0v) is 9.67. The first-order chi connectivity index (χ1) is 7.03. The van der Waals surface area contributed by atoms with E-state index in [1.165, 1.54) is 0 Å². The molecule has 0 fully saturated rings. The highest BCUT2D eigenvalue weighted by Gasteiger charge is 2.33. The maximum atomic E-state index is 9.06. The van der Waals surface area contributed by atoms with E-state index in [-0.39, 0.29) is 17.6 Å². The monoisotopic (exact) mass is 225 g/mol. The van der Waals surface area contributed by atoms with Crippen molar-refractivity contribution in [2.24, 2.45) is 5.73 Å². The van der Waals surface area contributed by atoms with Crippen molar-refractivity contribution in [3.63, 3.8) is 0 Å². The number of para-hydroxylation sites is 1. The number of hydrogen-bond acceptors (Lipinski definition) is 4. The SMILES string of the molecule is CC1(C)Oc2c(cccc2C(N)CO)S1. The molecule has 1 aromatic rings. The minimum absolute atomic E-state index is 0.0646. The van der Waals surface area contributed by atoms with Gasteiger partial charge in [0.15, 0.2) is 4.93 Å². The molecule has 1 heterocycles. The third-order valence-electron chi connectivity index (χ3n) is 2.31. The molecule has 3 nitrogen and oxygen atoms in total. The van der Waals surface area contributed by atoms with Gasteiger partial charge in [0.1, 0.15) is 5.75 Å². The van der Waals surface area contributed by atoms with E-state index in [0.29, 0.717) is 0 Å². The summed E-state index contributed by atoms with van der Waals surface area (Å²) in [7, 11) is 0. The lowest BCUT2D eigenvalue weighted by molar-refractivity contribution is 0.207. The fraction of sp³-hybridized carbons (Fsp3) is 0.455. The lowest BCUT2D eigenvalue weighted by Crippen LogP contribution is -2.20. The summed E-state index contributed by atoms with van der Waals surface area (Å²) in [6, 6.07) is 5.50. The number of ether oxygens (including phenoxy) is 1. The van der Waals surface area contributed by atoms with Crippen molar-refractivity contribution in [2.75, 3.05) is 6.61 Å². The van der Waals surface area contributed by atoms with Gasteiger partial charge in [0.2, 0.25) is 0 Å². The Hall–Kier alpha value is -0.710. The summed E-state index contributed by atoms with van der Waals surface area (Å²) in [6.07, 6.45) is 0. The molecule has 1 aromatic carbocycles. The van der Waals surface area contributed by atoms with Crippen LogP contribution in [0.5, 0.6) is 5.75 Å². The van der Waals surface area contributed by atoms with Gasteiger partial charge in [0.25, 0.3) is 0 Å². The number of thioether (sulfide) groups is 1. The first-order valence-electron chi connectivity index (χ1n) is 4.91. The molecule has 82 valence electrons. The normalized spacial score (nSPS) is 19.5. The Balaban J connectivity index is 2.41. The van der Waals surface area contributed by atoms with Crippen molar-refractivity contribution < 1.29 is 9.84 Å². The average molecular weight is 225 g/mol. The number of rotatable bonds is 2. The Morgan fingerprint density at radius 3 is 2.93 bits per heavy atom. The second kappa shape index (κ2) is 3.70. The minimum atomic E-state index is -0.366. The molecule has 0 aliphatic carbocycles. The van der Waals surface area contributed by atoms with Crippen molar-refractivity contribution >= 4 is 11.8 Å². The molecule has 1 aliphatic heterocycles. The van der Waals surface area contributed by atoms with Gasteiger partial charge in [-0.2, -0.15) is 0 Å². The van der Waals surface area contributed by atoms with E-state index in [9.17, 15) is 0 Å². The smallest absolute Gasteiger partial charge is 0.153 e. The molecule has 15 heavy (non-hydrogen) atoms. The summed E-state index contributed by atoms with van der Waals surface area (Å²) in [5.41, 5.74) is 6.70. The van der Waals surface area contributed by atoms with Gasteiger partial charge in [0.05, 0.1) is 17.5 Å². The molecule has 0 saturated carbocycles. The van der Waals surface area contributed by atoms with Crippen molar-refractivity contribution in [3.8, 4) is 5.75 Å². The summed E-state index contributed by atoms with van der Waals surface area (Å²) < 4.78 is 5.82. The molecule has 1 atom stereocenters. The second-order valence-corrected chi connectivity index (χ2v) is 5.69. The van der Waals surface area contributed by atoms with Crippen LogP contribution in [0.3, 0.4) is 0 Å². The van der Waals surface area contributed by atoms with Crippen molar-refractivity contribution in [2.45, 2.75) is 29.7 Å². The van der Waals surface area contributed by atoms with E-state index < -0.39 is 0 Å². The zero-order chi connectivity index (χ0) is 11.1. The molecular formula is C11H15NO2S. The molecule has 1 unspecified atom stereocenters. The van der Waals surface area contributed by atoms with Gasteiger partial charge in [-0.05, 0) is 19.9 Å². The van der Waals surface area contributed by atoms with Crippen LogP contribution in [0.1, 0.15) is 25.5 Å². The van der Waals surface area contributed by atoms with Crippen molar-refractivity contribution in [1.29, 1.82) is 0 Å². The third-order valence-corrected chi connectivity index (χ3v) is 3.43. The van der Waals surface area contributed by atoms with Gasteiger partial charge in [-0.15, -0.1) is 0 Å². The molecular weight excluding hydrogens is 210 g/mol. The molecule has 1 aliphatic rings. The largest absolute Gasteiger partial charge is 0.475 e. The summed E-state index contributed by atoms with van der Waals surface area (Å²) in [6.45, 7) is 3.97. The summed E-state index contributed by atoms with van der Waals surface area (Å²) in [5, 5.41) is 9.06. The van der Waals surface area contributed by atoms with Gasteiger partial charge in [-0.25, -0.2) is 0 Å². The van der Waals surface area contributed by atoms with Gasteiger partial charge >= 0.3 is 0 Å². The van der Waals surface area contributed by atoms with E-state index >= 15 is 0 Å². The van der Waals surface area contributed by atoms with Crippen molar-refractivity contribution in [3.05, 3.63) is 23.8 Å². The molecule has 0 bridgehead atoms. The molecule has 0 saturated heterocycles. The topological polar surface area (TPSA) is 55.5 Å². The van der Waals surface area contributed by atoms with Gasteiger partial charge in [0, 0.05) is 5.56 Å². The van der Waals surface area contributed by atoms with Crippen LogP contribution in [0, 0.1) is 0 Å². The van der Waals surface area contributed by atoms with Crippen LogP contribution in [0.25, 0.3) is 0 Å². The number of aliphatic hydroxyl groups excluding tert-OH is 1. The highest BCUT2D eigenvalue weighted by molar-refractivity contribution is 8.00.